The number of sulfonamides is 1. The van der Waals surface area contributed by atoms with Crippen LogP contribution in [0.15, 0.2) is 4.99 Å². The van der Waals surface area contributed by atoms with E-state index < -0.39 is 15.6 Å². The van der Waals surface area contributed by atoms with Crippen molar-refractivity contribution in [3.05, 3.63) is 0 Å². The highest BCUT2D eigenvalue weighted by Gasteiger charge is 2.22. The second kappa shape index (κ2) is 9.47. The van der Waals surface area contributed by atoms with Gasteiger partial charge in [0, 0.05) is 25.7 Å². The molecule has 0 amide bonds. The first-order chi connectivity index (χ1) is 10.7. The van der Waals surface area contributed by atoms with E-state index in [0.29, 0.717) is 12.5 Å². The minimum absolute atomic E-state index is 0.474. The van der Waals surface area contributed by atoms with E-state index in [4.69, 9.17) is 0 Å². The highest BCUT2D eigenvalue weighted by Crippen LogP contribution is 2.28. The molecule has 1 rings (SSSR count). The van der Waals surface area contributed by atoms with Gasteiger partial charge in [-0.05, 0) is 26.2 Å². The van der Waals surface area contributed by atoms with E-state index in [0.717, 1.165) is 18.9 Å². The van der Waals surface area contributed by atoms with Crippen molar-refractivity contribution in [3.63, 3.8) is 0 Å². The maximum atomic E-state index is 11.3. The molecule has 0 radical (unpaired) electrons. The Labute approximate surface area is 142 Å². The lowest BCUT2D eigenvalue weighted by Crippen LogP contribution is -2.53. The smallest absolute Gasteiger partial charge is 0.209 e. The van der Waals surface area contributed by atoms with Crippen molar-refractivity contribution in [2.24, 2.45) is 10.9 Å². The molecule has 0 aromatic rings. The summed E-state index contributed by atoms with van der Waals surface area (Å²) in [4.78, 5) is 4.18. The van der Waals surface area contributed by atoms with Crippen LogP contribution >= 0.6 is 0 Å². The molecule has 0 aromatic heterocycles. The quantitative estimate of drug-likeness (QED) is 0.338. The Hall–Kier alpha value is -0.820. The number of aliphatic imine (C=N–C) groups is 1. The van der Waals surface area contributed by atoms with Crippen molar-refractivity contribution in [2.45, 2.75) is 64.3 Å². The largest absolute Gasteiger partial charge is 0.356 e. The summed E-state index contributed by atoms with van der Waals surface area (Å²) in [5, 5.41) is 6.47. The van der Waals surface area contributed by atoms with Gasteiger partial charge in [0.25, 0.3) is 0 Å². The van der Waals surface area contributed by atoms with E-state index in [1.807, 2.05) is 13.8 Å². The number of nitrogens with one attached hydrogen (secondary N) is 3. The first-order valence-electron chi connectivity index (χ1n) is 8.65. The van der Waals surface area contributed by atoms with Crippen LogP contribution in [0.1, 0.15) is 58.8 Å². The van der Waals surface area contributed by atoms with E-state index in [1.54, 1.807) is 7.05 Å². The van der Waals surface area contributed by atoms with Crippen LogP contribution in [-0.2, 0) is 10.0 Å². The molecule has 3 N–H and O–H groups in total. The van der Waals surface area contributed by atoms with Gasteiger partial charge in [-0.3, -0.25) is 4.99 Å². The zero-order valence-corrected chi connectivity index (χ0v) is 15.9. The first-order valence-corrected chi connectivity index (χ1v) is 10.5. The summed E-state index contributed by atoms with van der Waals surface area (Å²) >= 11 is 0. The molecular weight excluding hydrogens is 312 g/mol. The molecule has 0 aromatic carbocycles. The lowest BCUT2D eigenvalue weighted by molar-refractivity contribution is 0.445. The molecule has 6 nitrogen and oxygen atoms in total. The highest BCUT2D eigenvalue weighted by atomic mass is 32.2. The van der Waals surface area contributed by atoms with Crippen molar-refractivity contribution in [2.75, 3.05) is 26.4 Å². The second-order valence-electron chi connectivity index (χ2n) is 7.26. The van der Waals surface area contributed by atoms with E-state index in [2.05, 4.69) is 20.3 Å². The molecule has 136 valence electrons. The van der Waals surface area contributed by atoms with Gasteiger partial charge in [-0.15, -0.1) is 0 Å². The van der Waals surface area contributed by atoms with Gasteiger partial charge in [-0.2, -0.15) is 0 Å². The Morgan fingerprint density at radius 3 is 2.39 bits per heavy atom. The SMILES string of the molecule is CN=C(NCCCCC1CCCC1)NCC(C)(C)NS(C)(=O)=O. The van der Waals surface area contributed by atoms with Gasteiger partial charge in [-0.1, -0.05) is 38.5 Å². The third kappa shape index (κ3) is 9.81. The average Bonchev–Trinajstić information content (AvgIpc) is 2.92. The van der Waals surface area contributed by atoms with Crippen molar-refractivity contribution in [1.82, 2.24) is 15.4 Å². The summed E-state index contributed by atoms with van der Waals surface area (Å²) in [6.07, 6.45) is 10.6. The fourth-order valence-corrected chi connectivity index (χ4v) is 4.20. The Balaban J connectivity index is 2.18. The lowest BCUT2D eigenvalue weighted by atomic mass is 10.0. The number of hydrogen-bond donors (Lipinski definition) is 3. The Morgan fingerprint density at radius 1 is 1.17 bits per heavy atom. The van der Waals surface area contributed by atoms with Crippen molar-refractivity contribution in [1.29, 1.82) is 0 Å². The summed E-state index contributed by atoms with van der Waals surface area (Å²) in [6.45, 7) is 5.06. The molecule has 0 bridgehead atoms. The van der Waals surface area contributed by atoms with Crippen LogP contribution in [-0.4, -0.2) is 46.3 Å². The molecular formula is C16H34N4O2S. The van der Waals surface area contributed by atoms with Crippen LogP contribution in [0.3, 0.4) is 0 Å². The fraction of sp³-hybridized carbons (Fsp3) is 0.938. The van der Waals surface area contributed by atoms with Gasteiger partial charge in [0.15, 0.2) is 5.96 Å². The van der Waals surface area contributed by atoms with Gasteiger partial charge in [0.05, 0.1) is 6.26 Å². The maximum absolute atomic E-state index is 11.3. The van der Waals surface area contributed by atoms with Gasteiger partial charge < -0.3 is 10.6 Å². The van der Waals surface area contributed by atoms with Crippen LogP contribution in [0.2, 0.25) is 0 Å². The summed E-state index contributed by atoms with van der Waals surface area (Å²) < 4.78 is 25.3. The number of hydrogen-bond acceptors (Lipinski definition) is 3. The van der Waals surface area contributed by atoms with Gasteiger partial charge in [0.2, 0.25) is 10.0 Å². The molecule has 0 unspecified atom stereocenters. The summed E-state index contributed by atoms with van der Waals surface area (Å²) in [6, 6.07) is 0. The van der Waals surface area contributed by atoms with Gasteiger partial charge in [0.1, 0.15) is 0 Å². The maximum Gasteiger partial charge on any atom is 0.209 e. The van der Waals surface area contributed by atoms with Crippen molar-refractivity contribution < 1.29 is 8.42 Å². The molecule has 0 aliphatic heterocycles. The number of rotatable bonds is 9. The van der Waals surface area contributed by atoms with Crippen LogP contribution in [0, 0.1) is 5.92 Å². The van der Waals surface area contributed by atoms with Gasteiger partial charge in [-0.25, -0.2) is 13.1 Å². The number of nitrogens with zero attached hydrogens (tertiary/aromatic N) is 1. The van der Waals surface area contributed by atoms with Crippen molar-refractivity contribution >= 4 is 16.0 Å². The monoisotopic (exact) mass is 346 g/mol. The fourth-order valence-electron chi connectivity index (χ4n) is 3.13. The van der Waals surface area contributed by atoms with E-state index in [1.165, 1.54) is 44.8 Å². The van der Waals surface area contributed by atoms with E-state index in [-0.39, 0.29) is 0 Å². The molecule has 23 heavy (non-hydrogen) atoms. The van der Waals surface area contributed by atoms with E-state index in [9.17, 15) is 8.42 Å². The molecule has 1 saturated carbocycles. The molecule has 0 heterocycles. The van der Waals surface area contributed by atoms with Crippen LogP contribution in [0.25, 0.3) is 0 Å². The minimum atomic E-state index is -3.22. The second-order valence-corrected chi connectivity index (χ2v) is 9.01. The number of unbranched alkanes of at least 4 members (excludes halogenated alkanes) is 1. The number of guanidine groups is 1. The summed E-state index contributed by atoms with van der Waals surface area (Å²) in [5.74, 6) is 1.67. The third-order valence-electron chi connectivity index (χ3n) is 4.19. The Kier molecular flexibility index (Phi) is 8.33. The zero-order chi connectivity index (χ0) is 17.3. The predicted octanol–water partition coefficient (Wildman–Crippen LogP) is 1.84. The van der Waals surface area contributed by atoms with Crippen LogP contribution in [0.4, 0.5) is 0 Å². The standard InChI is InChI=1S/C16H34N4O2S/c1-16(2,20-23(4,21)22)13-19-15(17-3)18-12-8-7-11-14-9-5-6-10-14/h14,20H,5-13H2,1-4H3,(H2,17,18,19). The predicted molar refractivity (Wildman–Crippen MR) is 97.2 cm³/mol. The molecule has 1 aliphatic rings. The molecule has 1 fully saturated rings. The minimum Gasteiger partial charge on any atom is -0.356 e. The average molecular weight is 347 g/mol. The van der Waals surface area contributed by atoms with Crippen molar-refractivity contribution in [3.8, 4) is 0 Å². The molecule has 7 heteroatoms. The van der Waals surface area contributed by atoms with E-state index >= 15 is 0 Å². The topological polar surface area (TPSA) is 82.6 Å². The lowest BCUT2D eigenvalue weighted by Gasteiger charge is -2.26. The molecule has 0 atom stereocenters. The summed E-state index contributed by atoms with van der Waals surface area (Å²) in [7, 11) is -1.49. The van der Waals surface area contributed by atoms with Gasteiger partial charge >= 0.3 is 0 Å². The highest BCUT2D eigenvalue weighted by molar-refractivity contribution is 7.88. The normalized spacial score (nSPS) is 17.5. The molecule has 0 spiro atoms. The zero-order valence-electron chi connectivity index (χ0n) is 15.1. The van der Waals surface area contributed by atoms with Crippen LogP contribution in [0.5, 0.6) is 0 Å². The third-order valence-corrected chi connectivity index (χ3v) is 5.11. The Bertz CT molecular complexity index is 468. The first kappa shape index (κ1) is 20.2. The summed E-state index contributed by atoms with van der Waals surface area (Å²) in [5.41, 5.74) is -0.562. The molecule has 0 saturated heterocycles. The van der Waals surface area contributed by atoms with Crippen LogP contribution < -0.4 is 15.4 Å². The Morgan fingerprint density at radius 2 is 1.83 bits per heavy atom. The molecule has 1 aliphatic carbocycles.